The van der Waals surface area contributed by atoms with Crippen LogP contribution in [0.1, 0.15) is 65.2 Å². The van der Waals surface area contributed by atoms with Crippen molar-refractivity contribution in [3.8, 4) is 51.7 Å². The van der Waals surface area contributed by atoms with E-state index < -0.39 is 0 Å². The van der Waals surface area contributed by atoms with Gasteiger partial charge in [-0.15, -0.1) is 0 Å². The van der Waals surface area contributed by atoms with E-state index in [1.165, 1.54) is 22.3 Å². The predicted octanol–water partition coefficient (Wildman–Crippen LogP) is 9.66. The number of ether oxygens (including phenoxy) is 7. The summed E-state index contributed by atoms with van der Waals surface area (Å²) in [6.45, 7) is 4.94. The molecule has 0 aliphatic carbocycles. The van der Waals surface area contributed by atoms with Crippen LogP contribution in [0.2, 0.25) is 0 Å². The molecule has 12 heteroatoms. The molecule has 0 spiro atoms. The molecule has 1 aromatic heterocycles. The van der Waals surface area contributed by atoms with Crippen molar-refractivity contribution in [2.45, 2.75) is 63.6 Å². The molecule has 0 radical (unpaired) electrons. The minimum atomic E-state index is 0.0724. The van der Waals surface area contributed by atoms with E-state index in [4.69, 9.17) is 38.9 Å². The largest absolute Gasteiger partial charge is 0.497 e. The number of rotatable bonds is 8. The second-order valence-electron chi connectivity index (χ2n) is 17.2. The van der Waals surface area contributed by atoms with Crippen LogP contribution in [0.15, 0.2) is 91.1 Å². The second-order valence-corrected chi connectivity index (χ2v) is 17.2. The van der Waals surface area contributed by atoms with Crippen molar-refractivity contribution in [2.75, 3.05) is 67.2 Å². The molecule has 3 atom stereocenters. The first-order valence-electron chi connectivity index (χ1n) is 22.3. The van der Waals surface area contributed by atoms with Gasteiger partial charge in [0.05, 0.1) is 32.5 Å². The number of anilines is 1. The lowest BCUT2D eigenvalue weighted by molar-refractivity contribution is 0.171. The van der Waals surface area contributed by atoms with Gasteiger partial charge in [-0.3, -0.25) is 14.8 Å². The first kappa shape index (κ1) is 43.1. The van der Waals surface area contributed by atoms with E-state index in [1.807, 2.05) is 48.7 Å². The Kier molecular flexibility index (Phi) is 12.7. The van der Waals surface area contributed by atoms with Crippen LogP contribution >= 0.6 is 0 Å². The number of pyridine rings is 1. The Morgan fingerprint density at radius 2 is 1.50 bits per heavy atom. The summed E-state index contributed by atoms with van der Waals surface area (Å²) in [5, 5.41) is 4.58. The summed E-state index contributed by atoms with van der Waals surface area (Å²) in [5.74, 6) is 6.55. The highest BCUT2D eigenvalue weighted by Crippen LogP contribution is 2.53. The van der Waals surface area contributed by atoms with Gasteiger partial charge in [0.15, 0.2) is 34.5 Å². The van der Waals surface area contributed by atoms with Crippen LogP contribution in [-0.2, 0) is 25.7 Å². The Morgan fingerprint density at radius 3 is 2.28 bits per heavy atom. The van der Waals surface area contributed by atoms with Crippen molar-refractivity contribution in [3.05, 3.63) is 125 Å². The number of aromatic nitrogens is 1. The van der Waals surface area contributed by atoms with Gasteiger partial charge in [0.1, 0.15) is 11.5 Å². The monoisotopic (exact) mass is 865 g/mol. The van der Waals surface area contributed by atoms with E-state index in [9.17, 15) is 0 Å². The summed E-state index contributed by atoms with van der Waals surface area (Å²) in [6.07, 6.45) is 7.30. The van der Waals surface area contributed by atoms with Crippen molar-refractivity contribution in [3.63, 3.8) is 0 Å². The normalized spacial score (nSPS) is 18.0. The zero-order valence-corrected chi connectivity index (χ0v) is 37.7. The predicted molar refractivity (Wildman–Crippen MR) is 250 cm³/mol. The Bertz CT molecular complexity index is 2620. The number of nitrogens with two attached hydrogens (primary N) is 1. The van der Waals surface area contributed by atoms with Gasteiger partial charge in [0, 0.05) is 54.4 Å². The minimum Gasteiger partial charge on any atom is -0.497 e. The number of hydrogen-bond donors (Lipinski definition) is 2. The minimum absolute atomic E-state index is 0.0724. The molecule has 0 fully saturated rings. The number of nitrogens with zero attached hydrogens (tertiary/aromatic N) is 3. The van der Waals surface area contributed by atoms with E-state index in [-0.39, 0.29) is 18.9 Å². The highest BCUT2D eigenvalue weighted by Gasteiger charge is 2.36. The zero-order valence-electron chi connectivity index (χ0n) is 37.7. The lowest BCUT2D eigenvalue weighted by Crippen LogP contribution is -2.34. The fourth-order valence-electron chi connectivity index (χ4n) is 9.48. The molecule has 334 valence electrons. The van der Waals surface area contributed by atoms with Crippen LogP contribution in [0.4, 0.5) is 5.69 Å². The SMILES string of the molecule is COc1cc(NC(C)CCCN)c2ncccc2c1.COc1ccc2cc1Oc1ccc(cc1)C[C@H]1c3c(cc4c(c3Oc3cc5c(cc3OC)CCN(C)[C@@H]5C2)OCO4)CCN1C. The highest BCUT2D eigenvalue weighted by molar-refractivity contribution is 5.92. The third kappa shape index (κ3) is 8.82. The average molecular weight is 866 g/mol. The number of likely N-dealkylation sites (N-methyl/N-ethyl adjacent to an activating group) is 2. The van der Waals surface area contributed by atoms with Crippen LogP contribution < -0.4 is 44.2 Å². The third-order valence-corrected chi connectivity index (χ3v) is 13.0. The second kappa shape index (κ2) is 18.9. The Balaban J connectivity index is 0.000000229. The molecule has 12 nitrogen and oxygen atoms in total. The highest BCUT2D eigenvalue weighted by atomic mass is 16.7. The van der Waals surface area contributed by atoms with Gasteiger partial charge >= 0.3 is 0 Å². The fraction of sp³-hybridized carbons (Fsp3) is 0.365. The third-order valence-electron chi connectivity index (χ3n) is 13.0. The van der Waals surface area contributed by atoms with Gasteiger partial charge < -0.3 is 44.2 Å². The lowest BCUT2D eigenvalue weighted by atomic mass is 9.87. The maximum absolute atomic E-state index is 7.00. The molecule has 6 aromatic rings. The fourth-order valence-corrected chi connectivity index (χ4v) is 9.48. The van der Waals surface area contributed by atoms with Crippen LogP contribution in [0.5, 0.6) is 51.7 Å². The van der Waals surface area contributed by atoms with E-state index in [1.54, 1.807) is 21.3 Å². The topological polar surface area (TPSA) is 122 Å². The Labute approximate surface area is 376 Å². The summed E-state index contributed by atoms with van der Waals surface area (Å²) >= 11 is 0. The van der Waals surface area contributed by atoms with Crippen molar-refractivity contribution < 1.29 is 33.2 Å². The molecule has 0 saturated carbocycles. The quantitative estimate of drug-likeness (QED) is 0.152. The van der Waals surface area contributed by atoms with Crippen molar-refractivity contribution >= 4 is 16.6 Å². The van der Waals surface area contributed by atoms with Gasteiger partial charge in [-0.1, -0.05) is 24.3 Å². The number of benzene rings is 5. The van der Waals surface area contributed by atoms with Gasteiger partial charge in [-0.2, -0.15) is 0 Å². The smallest absolute Gasteiger partial charge is 0.231 e. The summed E-state index contributed by atoms with van der Waals surface area (Å²) in [6, 6.07) is 29.6. The summed E-state index contributed by atoms with van der Waals surface area (Å²) in [4.78, 5) is 9.28. The van der Waals surface area contributed by atoms with Gasteiger partial charge in [0.2, 0.25) is 12.5 Å². The number of fused-ring (bicyclic) bond motifs is 4. The van der Waals surface area contributed by atoms with E-state index in [0.29, 0.717) is 34.8 Å². The molecule has 3 N–H and O–H groups in total. The molecule has 5 aromatic carbocycles. The van der Waals surface area contributed by atoms with Crippen molar-refractivity contribution in [1.29, 1.82) is 0 Å². The molecule has 6 bridgehead atoms. The van der Waals surface area contributed by atoms with Crippen molar-refractivity contribution in [2.24, 2.45) is 5.73 Å². The molecule has 5 aliphatic rings. The standard InChI is InChI=1S/C37H38N2O6.C15H21N3O/c1-38-13-11-24-18-31(41-4)33-20-27(24)28(38)16-23-7-10-30(40-3)32(17-23)44-26-8-5-22(6-9-26)15-29-35-25(12-14-39(29)2)19-34-36(37(35)45-33)43-21-42-34;1-11(5-3-7-16)18-14-10-13(19-2)9-12-6-4-8-17-15(12)14/h5-10,17-20,28-29H,11-16,21H2,1-4H3;4,6,8-11,18H,3,5,7,16H2,1-2H3/t28-,29+;/m1./s1. The molecule has 5 aliphatic heterocycles. The van der Waals surface area contributed by atoms with Crippen LogP contribution in [0.25, 0.3) is 10.9 Å². The van der Waals surface area contributed by atoms with Gasteiger partial charge in [-0.05, 0) is 149 Å². The van der Waals surface area contributed by atoms with E-state index in [2.05, 4.69) is 83.6 Å². The van der Waals surface area contributed by atoms with Crippen LogP contribution in [0.3, 0.4) is 0 Å². The number of methoxy groups -OCH3 is 3. The Hall–Kier alpha value is -6.21. The molecule has 1 unspecified atom stereocenters. The average Bonchev–Trinajstić information content (AvgIpc) is 3.79. The van der Waals surface area contributed by atoms with Crippen molar-refractivity contribution in [1.82, 2.24) is 14.8 Å². The molecule has 64 heavy (non-hydrogen) atoms. The molecular formula is C52H59N5O7. The Morgan fingerprint density at radius 1 is 0.750 bits per heavy atom. The lowest BCUT2D eigenvalue weighted by Gasteiger charge is -2.37. The zero-order chi connectivity index (χ0) is 44.3. The molecule has 0 saturated heterocycles. The first-order valence-corrected chi connectivity index (χ1v) is 22.3. The first-order chi connectivity index (χ1) is 31.2. The summed E-state index contributed by atoms with van der Waals surface area (Å²) in [5.41, 5.74) is 14.8. The van der Waals surface area contributed by atoms with Gasteiger partial charge in [-0.25, -0.2) is 0 Å². The van der Waals surface area contributed by atoms with E-state index in [0.717, 1.165) is 109 Å². The molecular weight excluding hydrogens is 807 g/mol. The molecule has 0 amide bonds. The molecule has 6 heterocycles. The summed E-state index contributed by atoms with van der Waals surface area (Å²) in [7, 11) is 9.45. The molecule has 11 rings (SSSR count). The van der Waals surface area contributed by atoms with Crippen LogP contribution in [-0.4, -0.2) is 82.7 Å². The maximum Gasteiger partial charge on any atom is 0.231 e. The number of nitrogens with one attached hydrogen (secondary N) is 1. The summed E-state index contributed by atoms with van der Waals surface area (Å²) < 4.78 is 42.5. The van der Waals surface area contributed by atoms with E-state index >= 15 is 0 Å². The number of hydrogen-bond acceptors (Lipinski definition) is 12. The van der Waals surface area contributed by atoms with Crippen LogP contribution in [0, 0.1) is 0 Å². The maximum atomic E-state index is 7.00. The van der Waals surface area contributed by atoms with Gasteiger partial charge in [0.25, 0.3) is 0 Å².